The number of hydrogen-bond acceptors (Lipinski definition) is 2. The van der Waals surface area contributed by atoms with E-state index < -0.39 is 144 Å². The van der Waals surface area contributed by atoms with Gasteiger partial charge in [0.15, 0.2) is 82.2 Å². The Hall–Kier alpha value is -6.49. The largest absolute Gasteiger partial charge is 0.287 e. The molecule has 0 spiro atoms. The van der Waals surface area contributed by atoms with Crippen LogP contribution in [0.5, 0.6) is 0 Å². The number of aromatic nitrogens is 2. The van der Waals surface area contributed by atoms with Crippen LogP contribution in [-0.2, 0) is 6.54 Å². The van der Waals surface area contributed by atoms with E-state index in [1.54, 1.807) is 24.8 Å². The standard InChI is InChI=1S/C24BF20.C13H13N2O/c26-5-1(6(27)14(35)21(42)13(5)34)25(2-7(28)15(36)22(43)16(37)8(2)29,3-9(30)17(38)23(44)18(39)10(3)31)4-11(32)19(40)24(45)20(41)12(4)33;1-11-4-2-3-5-12(11)13(16)10-15-8-6-14-7-9-15/h;2-9H,10H2,1H3/q-1;+1. The number of carbonyl (C=O) groups excluding carboxylic acids is 1. The first kappa shape index (κ1) is 45.6. The molecule has 24 heteroatoms. The first-order chi connectivity index (χ1) is 28.5. The molecule has 0 unspecified atom stereocenters. The summed E-state index contributed by atoms with van der Waals surface area (Å²) < 4.78 is 296. The highest BCUT2D eigenvalue weighted by atomic mass is 19.2. The van der Waals surface area contributed by atoms with Gasteiger partial charge in [0.05, 0.1) is 12.4 Å². The molecule has 0 radical (unpaired) electrons. The van der Waals surface area contributed by atoms with Crippen molar-refractivity contribution >= 4 is 33.8 Å². The van der Waals surface area contributed by atoms with E-state index in [1.165, 1.54) is 0 Å². The first-order valence-corrected chi connectivity index (χ1v) is 16.1. The van der Waals surface area contributed by atoms with Crippen molar-refractivity contribution in [2.24, 2.45) is 0 Å². The van der Waals surface area contributed by atoms with Crippen molar-refractivity contribution in [1.82, 2.24) is 4.98 Å². The van der Waals surface area contributed by atoms with E-state index in [1.807, 2.05) is 35.8 Å². The third kappa shape index (κ3) is 7.19. The molecule has 0 fully saturated rings. The minimum atomic E-state index is -7.22. The molecule has 6 rings (SSSR count). The predicted molar refractivity (Wildman–Crippen MR) is 169 cm³/mol. The predicted octanol–water partition coefficient (Wildman–Crippen LogP) is 7.41. The van der Waals surface area contributed by atoms with Gasteiger partial charge in [-0.2, -0.15) is 4.57 Å². The van der Waals surface area contributed by atoms with Gasteiger partial charge < -0.3 is 0 Å². The van der Waals surface area contributed by atoms with Crippen molar-refractivity contribution in [3.05, 3.63) is 177 Å². The van der Waals surface area contributed by atoms with Gasteiger partial charge in [0.2, 0.25) is 12.3 Å². The van der Waals surface area contributed by atoms with Gasteiger partial charge in [0.1, 0.15) is 52.7 Å². The molecule has 0 saturated carbocycles. The van der Waals surface area contributed by atoms with Crippen LogP contribution in [0.15, 0.2) is 49.1 Å². The van der Waals surface area contributed by atoms with Crippen LogP contribution in [0.25, 0.3) is 0 Å². The van der Waals surface area contributed by atoms with E-state index in [9.17, 15) is 57.5 Å². The lowest BCUT2D eigenvalue weighted by Crippen LogP contribution is -2.81. The molecule has 5 aromatic carbocycles. The van der Waals surface area contributed by atoms with Gasteiger partial charge in [-0.15, -0.1) is 21.9 Å². The number of halogens is 20. The van der Waals surface area contributed by atoms with Crippen molar-refractivity contribution in [2.75, 3.05) is 0 Å². The van der Waals surface area contributed by atoms with Gasteiger partial charge in [0.25, 0.3) is 0 Å². The maximum absolute atomic E-state index is 15.4. The van der Waals surface area contributed by atoms with Crippen LogP contribution in [0.1, 0.15) is 15.9 Å². The van der Waals surface area contributed by atoms with E-state index in [0.717, 1.165) is 11.1 Å². The summed E-state index contributed by atoms with van der Waals surface area (Å²) in [5, 5.41) is 0. The number of ketones is 1. The third-order valence-corrected chi connectivity index (χ3v) is 9.17. The van der Waals surface area contributed by atoms with Crippen LogP contribution >= 0.6 is 0 Å². The molecular formula is C37H13BF20N2O. The fraction of sp³-hybridized carbons (Fsp3) is 0.0541. The molecule has 0 amide bonds. The van der Waals surface area contributed by atoms with E-state index >= 15 is 35.1 Å². The minimum absolute atomic E-state index is 0.120. The number of Topliss-reactive ketones (excluding diaryl/α,β-unsaturated/α-hetero) is 1. The highest BCUT2D eigenvalue weighted by molar-refractivity contribution is 7.20. The Labute approximate surface area is 326 Å². The zero-order valence-electron chi connectivity index (χ0n) is 29.3. The van der Waals surface area contributed by atoms with Gasteiger partial charge in [-0.05, 0) is 12.5 Å². The summed E-state index contributed by atoms with van der Waals surface area (Å²) in [6, 6.07) is 7.63. The monoisotopic (exact) mass is 892 g/mol. The Bertz CT molecular complexity index is 2390. The van der Waals surface area contributed by atoms with Crippen LogP contribution in [0, 0.1) is 123 Å². The molecule has 1 aromatic heterocycles. The number of nitrogens with zero attached hydrogens (tertiary/aromatic N) is 2. The van der Waals surface area contributed by atoms with Crippen molar-refractivity contribution in [2.45, 2.75) is 13.5 Å². The molecule has 0 N–H and O–H groups in total. The van der Waals surface area contributed by atoms with E-state index in [0.29, 0.717) is 6.54 Å². The minimum Gasteiger partial charge on any atom is -0.287 e. The zero-order valence-corrected chi connectivity index (χ0v) is 29.3. The van der Waals surface area contributed by atoms with Crippen LogP contribution in [0.4, 0.5) is 87.8 Å². The fourth-order valence-corrected chi connectivity index (χ4v) is 6.46. The number of carbonyl (C=O) groups is 1. The topological polar surface area (TPSA) is 33.8 Å². The second-order valence-corrected chi connectivity index (χ2v) is 12.5. The molecular weight excluding hydrogens is 879 g/mol. The Balaban J connectivity index is 0.000000366. The highest BCUT2D eigenvalue weighted by Gasteiger charge is 2.52. The smallest absolute Gasteiger partial charge is 0.227 e. The van der Waals surface area contributed by atoms with Gasteiger partial charge >= 0.3 is 0 Å². The lowest BCUT2D eigenvalue weighted by molar-refractivity contribution is -0.683. The molecule has 0 saturated heterocycles. The zero-order chi connectivity index (χ0) is 45.7. The van der Waals surface area contributed by atoms with Crippen molar-refractivity contribution in [3.63, 3.8) is 0 Å². The second kappa shape index (κ2) is 16.9. The van der Waals surface area contributed by atoms with Gasteiger partial charge in [-0.25, -0.2) is 87.8 Å². The molecule has 0 aliphatic heterocycles. The summed E-state index contributed by atoms with van der Waals surface area (Å²) in [6.45, 7) is 2.30. The maximum atomic E-state index is 15.4. The van der Waals surface area contributed by atoms with E-state index in [4.69, 9.17) is 0 Å². The van der Waals surface area contributed by atoms with Crippen molar-refractivity contribution < 1.29 is 97.2 Å². The Morgan fingerprint density at radius 1 is 0.426 bits per heavy atom. The van der Waals surface area contributed by atoms with Crippen molar-refractivity contribution in [3.8, 4) is 0 Å². The van der Waals surface area contributed by atoms with Gasteiger partial charge in [0, 0.05) is 5.56 Å². The van der Waals surface area contributed by atoms with E-state index in [2.05, 4.69) is 4.98 Å². The fourth-order valence-electron chi connectivity index (χ4n) is 6.46. The molecule has 6 aromatic rings. The number of benzene rings is 5. The molecule has 1 heterocycles. The van der Waals surface area contributed by atoms with Crippen LogP contribution < -0.4 is 26.4 Å². The Kier molecular flexibility index (Phi) is 12.6. The van der Waals surface area contributed by atoms with Crippen LogP contribution in [0.2, 0.25) is 0 Å². The molecule has 0 aliphatic rings. The summed E-state index contributed by atoms with van der Waals surface area (Å²) in [6.07, 6.45) is -0.298. The van der Waals surface area contributed by atoms with Gasteiger partial charge in [-0.1, -0.05) is 24.3 Å². The first-order valence-electron chi connectivity index (χ1n) is 16.1. The maximum Gasteiger partial charge on any atom is 0.227 e. The number of aryl methyl sites for hydroxylation is 1. The lowest BCUT2D eigenvalue weighted by Gasteiger charge is -2.44. The summed E-state index contributed by atoms with van der Waals surface area (Å²) >= 11 is 0. The molecule has 0 bridgehead atoms. The summed E-state index contributed by atoms with van der Waals surface area (Å²) in [5.74, 6) is -71.3. The summed E-state index contributed by atoms with van der Waals surface area (Å²) in [5.41, 5.74) is -12.5. The second-order valence-electron chi connectivity index (χ2n) is 12.5. The summed E-state index contributed by atoms with van der Waals surface area (Å²) in [4.78, 5) is 15.9. The quantitative estimate of drug-likeness (QED) is 0.0419. The number of hydrogen-bond donors (Lipinski definition) is 0. The normalized spacial score (nSPS) is 11.5. The van der Waals surface area contributed by atoms with Gasteiger partial charge in [-0.3, -0.25) is 9.78 Å². The average molecular weight is 892 g/mol. The lowest BCUT2D eigenvalue weighted by atomic mass is 9.12. The Morgan fingerprint density at radius 3 is 0.934 bits per heavy atom. The molecule has 0 aliphatic carbocycles. The molecule has 320 valence electrons. The van der Waals surface area contributed by atoms with Crippen LogP contribution in [-0.4, -0.2) is 16.9 Å². The third-order valence-electron chi connectivity index (χ3n) is 9.17. The molecule has 61 heavy (non-hydrogen) atoms. The molecule has 0 atom stereocenters. The van der Waals surface area contributed by atoms with E-state index in [-0.39, 0.29) is 5.78 Å². The SMILES string of the molecule is Cc1ccccc1C(=O)C[n+]1ccncc1.Fc1c(F)c(F)c([B-](c2c(F)c(F)c(F)c(F)c2F)(c2c(F)c(F)c(F)c(F)c2F)c2c(F)c(F)c(F)c(F)c2F)c(F)c1F. The van der Waals surface area contributed by atoms with Crippen molar-refractivity contribution in [1.29, 1.82) is 0 Å². The average Bonchev–Trinajstić information content (AvgIpc) is 3.24. The Morgan fingerprint density at radius 2 is 0.672 bits per heavy atom. The summed E-state index contributed by atoms with van der Waals surface area (Å²) in [7, 11) is 0. The number of rotatable bonds is 7. The highest BCUT2D eigenvalue weighted by Crippen LogP contribution is 2.30. The van der Waals surface area contributed by atoms with Crippen LogP contribution in [0.3, 0.4) is 0 Å². The molecule has 3 nitrogen and oxygen atoms in total.